The van der Waals surface area contributed by atoms with Crippen molar-refractivity contribution in [1.29, 1.82) is 0 Å². The first-order valence-electron chi connectivity index (χ1n) is 12.9. The molecule has 1 N–H and O–H groups in total. The molecule has 0 saturated carbocycles. The third-order valence-electron chi connectivity index (χ3n) is 6.54. The first kappa shape index (κ1) is 27.2. The van der Waals surface area contributed by atoms with E-state index in [1.165, 1.54) is 18.8 Å². The van der Waals surface area contributed by atoms with Crippen molar-refractivity contribution in [3.8, 4) is 22.5 Å². The van der Waals surface area contributed by atoms with E-state index in [0.29, 0.717) is 30.9 Å². The Kier molecular flexibility index (Phi) is 8.98. The highest BCUT2D eigenvalue weighted by Gasteiger charge is 2.29. The summed E-state index contributed by atoms with van der Waals surface area (Å²) >= 11 is 0. The summed E-state index contributed by atoms with van der Waals surface area (Å²) in [5.74, 6) is 0.281. The van der Waals surface area contributed by atoms with E-state index in [9.17, 15) is 9.59 Å². The molecule has 10 heteroatoms. The van der Waals surface area contributed by atoms with Crippen molar-refractivity contribution < 1.29 is 14.3 Å². The van der Waals surface area contributed by atoms with Crippen molar-refractivity contribution in [3.05, 3.63) is 76.0 Å². The molecule has 38 heavy (non-hydrogen) atoms. The number of nitrogens with one attached hydrogen (secondary N) is 1. The van der Waals surface area contributed by atoms with Crippen LogP contribution in [0.5, 0.6) is 0 Å². The topological polar surface area (TPSA) is 117 Å². The van der Waals surface area contributed by atoms with Crippen LogP contribution in [0.3, 0.4) is 0 Å². The summed E-state index contributed by atoms with van der Waals surface area (Å²) in [6.07, 6.45) is 2.44. The summed E-state index contributed by atoms with van der Waals surface area (Å²) in [7, 11) is 3.02. The van der Waals surface area contributed by atoms with Crippen LogP contribution in [-0.2, 0) is 22.4 Å². The van der Waals surface area contributed by atoms with E-state index in [1.54, 1.807) is 4.57 Å². The maximum atomic E-state index is 13.7. The molecule has 4 rings (SSSR count). The standard InChI is InChI=1S/C28H34N6O4/c1-5-7-13-24(35)34-25(27(37-3)38-4)23(10-6-2)33(28(34)36)18-19-14-16-20(17-15-19)21-11-8-9-12-22(21)26-29-31-32-30-26/h8-9,11-12,14-17,27H,5-7,10,13,18H2,1-4H3,(H,29,30,31,32). The lowest BCUT2D eigenvalue weighted by Gasteiger charge is -2.17. The van der Waals surface area contributed by atoms with Gasteiger partial charge in [0, 0.05) is 31.9 Å². The molecule has 0 aliphatic carbocycles. The number of rotatable bonds is 12. The highest BCUT2D eigenvalue weighted by Crippen LogP contribution is 2.30. The van der Waals surface area contributed by atoms with Gasteiger partial charge < -0.3 is 9.47 Å². The molecule has 0 radical (unpaired) electrons. The maximum Gasteiger partial charge on any atom is 0.335 e. The van der Waals surface area contributed by atoms with Gasteiger partial charge in [-0.15, -0.1) is 10.2 Å². The zero-order valence-electron chi connectivity index (χ0n) is 22.3. The van der Waals surface area contributed by atoms with Crippen molar-refractivity contribution in [2.75, 3.05) is 14.2 Å². The normalized spacial score (nSPS) is 11.4. The van der Waals surface area contributed by atoms with E-state index in [0.717, 1.165) is 40.8 Å². The lowest BCUT2D eigenvalue weighted by molar-refractivity contribution is -0.110. The number of nitrogens with zero attached hydrogens (tertiary/aromatic N) is 5. The molecule has 0 aliphatic rings. The van der Waals surface area contributed by atoms with Crippen LogP contribution in [0.25, 0.3) is 22.5 Å². The molecule has 0 spiro atoms. The van der Waals surface area contributed by atoms with E-state index >= 15 is 0 Å². The molecule has 2 aromatic heterocycles. The van der Waals surface area contributed by atoms with Gasteiger partial charge in [0.25, 0.3) is 0 Å². The predicted octanol–water partition coefficient (Wildman–Crippen LogP) is 4.62. The van der Waals surface area contributed by atoms with E-state index < -0.39 is 6.29 Å². The zero-order valence-corrected chi connectivity index (χ0v) is 22.3. The number of imidazole rings is 1. The fourth-order valence-corrected chi connectivity index (χ4v) is 4.69. The number of unbranched alkanes of at least 4 members (excludes halogenated alkanes) is 1. The van der Waals surface area contributed by atoms with Crippen LogP contribution in [0.15, 0.2) is 53.3 Å². The Morgan fingerprint density at radius 2 is 1.71 bits per heavy atom. The highest BCUT2D eigenvalue weighted by molar-refractivity contribution is 5.80. The molecule has 0 fully saturated rings. The molecule has 0 saturated heterocycles. The smallest absolute Gasteiger partial charge is 0.335 e. The van der Waals surface area contributed by atoms with Crippen LogP contribution in [0.2, 0.25) is 0 Å². The number of hydrogen-bond acceptors (Lipinski definition) is 7. The van der Waals surface area contributed by atoms with Gasteiger partial charge in [0.05, 0.1) is 6.54 Å². The van der Waals surface area contributed by atoms with Crippen LogP contribution in [-0.4, -0.2) is 49.9 Å². The van der Waals surface area contributed by atoms with E-state index in [4.69, 9.17) is 9.47 Å². The number of ether oxygens (including phenoxy) is 2. The minimum absolute atomic E-state index is 0.240. The summed E-state index contributed by atoms with van der Waals surface area (Å²) in [6, 6.07) is 15.9. The molecule has 0 atom stereocenters. The predicted molar refractivity (Wildman–Crippen MR) is 144 cm³/mol. The third-order valence-corrected chi connectivity index (χ3v) is 6.54. The molecule has 0 aliphatic heterocycles. The lowest BCUT2D eigenvalue weighted by Crippen LogP contribution is -2.31. The van der Waals surface area contributed by atoms with Crippen LogP contribution in [0.1, 0.15) is 67.6 Å². The number of aromatic amines is 1. The van der Waals surface area contributed by atoms with E-state index in [1.807, 2.05) is 62.4 Å². The molecule has 0 unspecified atom stereocenters. The van der Waals surface area contributed by atoms with E-state index in [-0.39, 0.29) is 18.0 Å². The summed E-state index contributed by atoms with van der Waals surface area (Å²) in [5.41, 5.74) is 4.63. The van der Waals surface area contributed by atoms with Gasteiger partial charge in [-0.2, -0.15) is 5.21 Å². The van der Waals surface area contributed by atoms with Crippen LogP contribution in [0, 0.1) is 0 Å². The maximum absolute atomic E-state index is 13.7. The zero-order chi connectivity index (χ0) is 27.1. The van der Waals surface area contributed by atoms with Gasteiger partial charge in [0.1, 0.15) is 5.69 Å². The molecule has 4 aromatic rings. The molecular weight excluding hydrogens is 484 g/mol. The Morgan fingerprint density at radius 1 is 1.00 bits per heavy atom. The molecule has 2 aromatic carbocycles. The number of aromatic nitrogens is 6. The second-order valence-electron chi connectivity index (χ2n) is 9.06. The highest BCUT2D eigenvalue weighted by atomic mass is 16.7. The first-order valence-corrected chi connectivity index (χ1v) is 12.9. The number of carbonyl (C=O) groups is 1. The van der Waals surface area contributed by atoms with Crippen molar-refractivity contribution >= 4 is 5.91 Å². The Morgan fingerprint density at radius 3 is 2.32 bits per heavy atom. The lowest BCUT2D eigenvalue weighted by atomic mass is 9.98. The molecule has 200 valence electrons. The van der Waals surface area contributed by atoms with Gasteiger partial charge in [-0.1, -0.05) is 75.2 Å². The van der Waals surface area contributed by atoms with Gasteiger partial charge in [-0.05, 0) is 34.7 Å². The fourth-order valence-electron chi connectivity index (χ4n) is 4.69. The number of methoxy groups -OCH3 is 2. The summed E-state index contributed by atoms with van der Waals surface area (Å²) in [5, 5.41) is 14.4. The number of benzene rings is 2. The largest absolute Gasteiger partial charge is 0.350 e. The SMILES string of the molecule is CCCCC(=O)n1c(C(OC)OC)c(CCC)n(Cc2ccc(-c3ccccc3-c3nn[nH]n3)cc2)c1=O. The average molecular weight is 519 g/mol. The van der Waals surface area contributed by atoms with Crippen LogP contribution >= 0.6 is 0 Å². The summed E-state index contributed by atoms with van der Waals surface area (Å²) in [6.45, 7) is 4.38. The van der Waals surface area contributed by atoms with Gasteiger partial charge >= 0.3 is 5.69 Å². The molecule has 0 amide bonds. The number of H-pyrrole nitrogens is 1. The number of tetrazole rings is 1. The van der Waals surface area contributed by atoms with Gasteiger partial charge in [0.2, 0.25) is 18.0 Å². The Labute approximate surface area is 221 Å². The van der Waals surface area contributed by atoms with Crippen molar-refractivity contribution in [1.82, 2.24) is 29.8 Å². The van der Waals surface area contributed by atoms with Crippen LogP contribution in [0.4, 0.5) is 0 Å². The Balaban J connectivity index is 1.73. The molecule has 2 heterocycles. The number of hydrogen-bond donors (Lipinski definition) is 1. The summed E-state index contributed by atoms with van der Waals surface area (Å²) in [4.78, 5) is 26.8. The van der Waals surface area contributed by atoms with Crippen molar-refractivity contribution in [2.45, 2.75) is 58.8 Å². The second-order valence-corrected chi connectivity index (χ2v) is 9.06. The van der Waals surface area contributed by atoms with Gasteiger partial charge in [-0.25, -0.2) is 9.36 Å². The van der Waals surface area contributed by atoms with E-state index in [2.05, 4.69) is 20.6 Å². The second kappa shape index (κ2) is 12.6. The Hall–Kier alpha value is -3.89. The molecule has 10 nitrogen and oxygen atoms in total. The van der Waals surface area contributed by atoms with Gasteiger partial charge in [-0.3, -0.25) is 9.36 Å². The van der Waals surface area contributed by atoms with Crippen molar-refractivity contribution in [2.24, 2.45) is 0 Å². The monoisotopic (exact) mass is 518 g/mol. The minimum atomic E-state index is -0.819. The molecular formula is C28H34N6O4. The quantitative estimate of drug-likeness (QED) is 0.272. The van der Waals surface area contributed by atoms with Crippen LogP contribution < -0.4 is 5.69 Å². The minimum Gasteiger partial charge on any atom is -0.350 e. The van der Waals surface area contributed by atoms with Gasteiger partial charge in [0.15, 0.2) is 0 Å². The van der Waals surface area contributed by atoms with Crippen molar-refractivity contribution in [3.63, 3.8) is 0 Å². The first-order chi connectivity index (χ1) is 18.5. The average Bonchev–Trinajstić information content (AvgIpc) is 3.57. The number of carbonyl (C=O) groups excluding carboxylic acids is 1. The fraction of sp³-hybridized carbons (Fsp3) is 0.393. The Bertz CT molecular complexity index is 1400. The third kappa shape index (κ3) is 5.51. The summed E-state index contributed by atoms with van der Waals surface area (Å²) < 4.78 is 14.0. The molecule has 0 bridgehead atoms.